The van der Waals surface area contributed by atoms with Gasteiger partial charge in [-0.15, -0.1) is 11.3 Å². The largest absolute Gasteiger partial charge is 0.490 e. The summed E-state index contributed by atoms with van der Waals surface area (Å²) in [6, 6.07) is 11.5. The van der Waals surface area contributed by atoms with Crippen LogP contribution in [0.2, 0.25) is 5.02 Å². The summed E-state index contributed by atoms with van der Waals surface area (Å²) in [5, 5.41) is 17.3. The predicted octanol–water partition coefficient (Wildman–Crippen LogP) is 4.75. The van der Waals surface area contributed by atoms with Gasteiger partial charge < -0.3 is 36.8 Å². The monoisotopic (exact) mass is 780 g/mol. The summed E-state index contributed by atoms with van der Waals surface area (Å²) in [6.45, 7) is 7.80. The van der Waals surface area contributed by atoms with Gasteiger partial charge in [-0.1, -0.05) is 68.8 Å². The van der Waals surface area contributed by atoms with Crippen LogP contribution in [0.4, 0.5) is 0 Å². The Morgan fingerprint density at radius 2 is 1.83 bits per heavy atom. The van der Waals surface area contributed by atoms with Crippen molar-refractivity contribution in [2.45, 2.75) is 115 Å². The molecule has 3 aromatic rings. The third kappa shape index (κ3) is 10.4. The number of amides is 4. The maximum Gasteiger partial charge on any atom is 0.246 e. The molecule has 0 spiro atoms. The topological polar surface area (TPSA) is 190 Å². The number of likely N-dealkylation sites (tertiary alicyclic amines) is 1. The van der Waals surface area contributed by atoms with Crippen LogP contribution in [0.5, 0.6) is 5.75 Å². The molecule has 4 atom stereocenters. The number of aliphatic hydroxyl groups is 1. The van der Waals surface area contributed by atoms with E-state index < -0.39 is 35.0 Å². The predicted molar refractivity (Wildman–Crippen MR) is 210 cm³/mol. The Bertz CT molecular complexity index is 1810. The third-order valence-corrected chi connectivity index (χ3v) is 11.6. The molecule has 2 aliphatic rings. The van der Waals surface area contributed by atoms with Crippen LogP contribution in [0, 0.1) is 12.3 Å². The summed E-state index contributed by atoms with van der Waals surface area (Å²) < 4.78 is 5.80. The first-order chi connectivity index (χ1) is 25.6. The number of hydrogen-bond acceptors (Lipinski definition) is 9. The SMILES string of the molecule is Cc1ncsc1-c1ccc(C2(NC(=O)[C@@H]3C[C@@H](O)CN3C(=O)C(NC(=O)CCCCc3cccc(OCC(N)CCC(N)=O)c3Cl)C(C)(C)C)CC2)cc1. The number of primary amides is 1. The van der Waals surface area contributed by atoms with Crippen molar-refractivity contribution in [3.63, 3.8) is 0 Å². The van der Waals surface area contributed by atoms with Crippen molar-refractivity contribution in [3.05, 3.63) is 69.8 Å². The molecule has 1 aliphatic carbocycles. The number of aryl methyl sites for hydroxylation is 2. The van der Waals surface area contributed by atoms with E-state index in [0.29, 0.717) is 36.5 Å². The van der Waals surface area contributed by atoms with E-state index in [9.17, 15) is 24.3 Å². The van der Waals surface area contributed by atoms with Crippen LogP contribution in [-0.2, 0) is 31.1 Å². The van der Waals surface area contributed by atoms with Gasteiger partial charge in [-0.25, -0.2) is 4.98 Å². The molecule has 5 rings (SSSR count). The zero-order chi connectivity index (χ0) is 39.2. The van der Waals surface area contributed by atoms with Crippen molar-refractivity contribution in [1.29, 1.82) is 0 Å². The van der Waals surface area contributed by atoms with E-state index >= 15 is 0 Å². The average Bonchev–Trinajstić information content (AvgIpc) is 3.59. The maximum atomic E-state index is 14.1. The maximum absolute atomic E-state index is 14.1. The van der Waals surface area contributed by atoms with Crippen molar-refractivity contribution in [1.82, 2.24) is 20.5 Å². The molecule has 2 unspecified atom stereocenters. The molecule has 54 heavy (non-hydrogen) atoms. The number of aromatic nitrogens is 1. The minimum Gasteiger partial charge on any atom is -0.490 e. The zero-order valence-electron chi connectivity index (χ0n) is 31.5. The summed E-state index contributed by atoms with van der Waals surface area (Å²) in [5.41, 5.74) is 15.8. The highest BCUT2D eigenvalue weighted by Crippen LogP contribution is 2.46. The second-order valence-corrected chi connectivity index (χ2v) is 16.9. The van der Waals surface area contributed by atoms with Gasteiger partial charge in [0.25, 0.3) is 0 Å². The normalized spacial score (nSPS) is 18.8. The molecule has 1 aliphatic heterocycles. The van der Waals surface area contributed by atoms with E-state index in [2.05, 4.69) is 15.6 Å². The smallest absolute Gasteiger partial charge is 0.246 e. The highest BCUT2D eigenvalue weighted by Gasteiger charge is 2.50. The number of rotatable bonds is 17. The van der Waals surface area contributed by atoms with Gasteiger partial charge in [0.1, 0.15) is 24.4 Å². The minimum atomic E-state index is -0.902. The number of β-amino-alcohol motifs (C(OH)–C–C–N with tert-alkyl or cyclic N) is 1. The van der Waals surface area contributed by atoms with E-state index in [4.69, 9.17) is 27.8 Å². The molecule has 14 heteroatoms. The van der Waals surface area contributed by atoms with Crippen LogP contribution in [-0.4, -0.2) is 76.0 Å². The second-order valence-electron chi connectivity index (χ2n) is 15.7. The number of carbonyl (C=O) groups is 4. The van der Waals surface area contributed by atoms with Crippen molar-refractivity contribution < 1.29 is 29.0 Å². The van der Waals surface area contributed by atoms with Gasteiger partial charge in [-0.05, 0) is 73.6 Å². The molecule has 1 aromatic heterocycles. The van der Waals surface area contributed by atoms with Crippen LogP contribution in [0.3, 0.4) is 0 Å². The van der Waals surface area contributed by atoms with E-state index in [1.54, 1.807) is 17.4 Å². The second kappa shape index (κ2) is 17.6. The number of thiazole rings is 1. The molecule has 7 N–H and O–H groups in total. The summed E-state index contributed by atoms with van der Waals surface area (Å²) in [4.78, 5) is 59.1. The molecular weight excluding hydrogens is 728 g/mol. The Balaban J connectivity index is 1.14. The van der Waals surface area contributed by atoms with E-state index in [1.165, 1.54) is 4.90 Å². The summed E-state index contributed by atoms with van der Waals surface area (Å²) >= 11 is 8.20. The number of nitrogens with zero attached hydrogens (tertiary/aromatic N) is 2. The summed E-state index contributed by atoms with van der Waals surface area (Å²) in [6.07, 6.45) is 3.45. The fraction of sp³-hybridized carbons (Fsp3) is 0.525. The molecule has 1 saturated carbocycles. The first-order valence-corrected chi connectivity index (χ1v) is 19.9. The van der Waals surface area contributed by atoms with Gasteiger partial charge in [0, 0.05) is 31.8 Å². The molecule has 12 nitrogen and oxygen atoms in total. The van der Waals surface area contributed by atoms with Crippen LogP contribution >= 0.6 is 22.9 Å². The van der Waals surface area contributed by atoms with Crippen molar-refractivity contribution >= 4 is 46.6 Å². The lowest BCUT2D eigenvalue weighted by Crippen LogP contribution is -2.58. The average molecular weight is 781 g/mol. The summed E-state index contributed by atoms with van der Waals surface area (Å²) in [7, 11) is 0. The number of nitrogens with two attached hydrogens (primary N) is 2. The molecule has 292 valence electrons. The van der Waals surface area contributed by atoms with Crippen molar-refractivity contribution in [3.8, 4) is 16.2 Å². The number of aliphatic hydroxyl groups excluding tert-OH is 1. The minimum absolute atomic E-state index is 0.0120. The molecule has 1 saturated heterocycles. The van der Waals surface area contributed by atoms with E-state index in [0.717, 1.165) is 40.1 Å². The first-order valence-electron chi connectivity index (χ1n) is 18.6. The molecule has 2 fully saturated rings. The standard InChI is InChI=1S/C40H53ClN6O6S/c1-24-35(54-23-44-24)26-12-14-27(15-13-26)40(18-19-40)46-37(51)30-20-29(48)21-47(30)38(52)36(39(2,3)4)45-33(50)11-6-5-8-25-9-7-10-31(34(25)41)53-22-28(42)16-17-32(43)49/h7,9-10,12-15,23,28-30,36,48H,5-6,8,11,16-22,42H2,1-4H3,(H2,43,49)(H,45,50)(H,46,51)/t28?,29-,30+,36?/m1/s1. The Morgan fingerprint density at radius 3 is 2.46 bits per heavy atom. The summed E-state index contributed by atoms with van der Waals surface area (Å²) in [5.74, 6) is -0.887. The van der Waals surface area contributed by atoms with Gasteiger partial charge >= 0.3 is 0 Å². The lowest BCUT2D eigenvalue weighted by atomic mass is 9.85. The van der Waals surface area contributed by atoms with Gasteiger partial charge in [-0.3, -0.25) is 19.2 Å². The highest BCUT2D eigenvalue weighted by atomic mass is 35.5. The zero-order valence-corrected chi connectivity index (χ0v) is 33.1. The molecule has 4 amide bonds. The Kier molecular flexibility index (Phi) is 13.4. The van der Waals surface area contributed by atoms with Crippen molar-refractivity contribution in [2.24, 2.45) is 16.9 Å². The van der Waals surface area contributed by atoms with Crippen LogP contribution in [0.1, 0.15) is 89.0 Å². The Hall–Kier alpha value is -4.04. The molecular formula is C40H53ClN6O6S. The number of halogens is 1. The number of hydrogen-bond donors (Lipinski definition) is 5. The molecule has 0 radical (unpaired) electrons. The van der Waals surface area contributed by atoms with Gasteiger partial charge in [0.05, 0.1) is 32.7 Å². The van der Waals surface area contributed by atoms with Crippen LogP contribution in [0.25, 0.3) is 10.4 Å². The van der Waals surface area contributed by atoms with Crippen molar-refractivity contribution in [2.75, 3.05) is 13.2 Å². The quantitative estimate of drug-likeness (QED) is 0.121. The Morgan fingerprint density at radius 1 is 1.11 bits per heavy atom. The lowest BCUT2D eigenvalue weighted by molar-refractivity contribution is -0.144. The number of carbonyl (C=O) groups excluding carboxylic acids is 4. The number of benzene rings is 2. The lowest BCUT2D eigenvalue weighted by Gasteiger charge is -2.35. The molecule has 2 heterocycles. The fourth-order valence-electron chi connectivity index (χ4n) is 6.87. The third-order valence-electron chi connectivity index (χ3n) is 10.2. The number of unbranched alkanes of at least 4 members (excludes halogenated alkanes) is 1. The molecule has 2 aromatic carbocycles. The number of ether oxygens (including phenoxy) is 1. The van der Waals surface area contributed by atoms with Crippen LogP contribution < -0.4 is 26.8 Å². The van der Waals surface area contributed by atoms with Gasteiger partial charge in [-0.2, -0.15) is 0 Å². The van der Waals surface area contributed by atoms with Gasteiger partial charge in [0.2, 0.25) is 23.6 Å². The van der Waals surface area contributed by atoms with E-state index in [1.807, 2.05) is 69.6 Å². The first kappa shape index (κ1) is 41.1. The molecule has 0 bridgehead atoms. The Labute approximate surface area is 326 Å². The highest BCUT2D eigenvalue weighted by molar-refractivity contribution is 7.13. The fourth-order valence-corrected chi connectivity index (χ4v) is 7.96. The van der Waals surface area contributed by atoms with Crippen LogP contribution in [0.15, 0.2) is 48.0 Å². The van der Waals surface area contributed by atoms with Gasteiger partial charge in [0.15, 0.2) is 0 Å². The number of nitrogens with one attached hydrogen (secondary N) is 2. The van der Waals surface area contributed by atoms with E-state index in [-0.39, 0.29) is 56.2 Å².